The fourth-order valence-electron chi connectivity index (χ4n) is 9.11. The van der Waals surface area contributed by atoms with Crippen molar-refractivity contribution in [2.75, 3.05) is 70.2 Å². The van der Waals surface area contributed by atoms with E-state index in [-0.39, 0.29) is 31.1 Å². The smallest absolute Gasteiger partial charge is 0.275 e. The molecule has 5 aliphatic rings. The van der Waals surface area contributed by atoms with Crippen LogP contribution in [0.15, 0.2) is 24.4 Å². The van der Waals surface area contributed by atoms with Crippen LogP contribution in [0, 0.1) is 11.2 Å². The third kappa shape index (κ3) is 6.11. The molecule has 0 radical (unpaired) electrons. The van der Waals surface area contributed by atoms with Crippen molar-refractivity contribution in [3.05, 3.63) is 47.0 Å². The van der Waals surface area contributed by atoms with E-state index in [1.165, 1.54) is 22.8 Å². The van der Waals surface area contributed by atoms with Crippen LogP contribution >= 0.6 is 0 Å². The van der Waals surface area contributed by atoms with Crippen molar-refractivity contribution in [2.45, 2.75) is 82.0 Å². The molecule has 1 saturated carbocycles. The number of piperidine rings is 3. The maximum absolute atomic E-state index is 15.8. The van der Waals surface area contributed by atoms with Crippen molar-refractivity contribution in [1.82, 2.24) is 35.0 Å². The number of rotatable bonds is 8. The maximum Gasteiger partial charge on any atom is 0.275 e. The maximum atomic E-state index is 15.8. The molecule has 1 aromatic carbocycles. The van der Waals surface area contributed by atoms with E-state index >= 15 is 13.2 Å². The second-order valence-electron chi connectivity index (χ2n) is 15.0. The molecule has 3 saturated heterocycles. The summed E-state index contributed by atoms with van der Waals surface area (Å²) < 4.78 is 53.9. The van der Waals surface area contributed by atoms with Crippen LogP contribution in [-0.2, 0) is 17.7 Å². The van der Waals surface area contributed by atoms with Crippen LogP contribution in [0.3, 0.4) is 0 Å². The highest BCUT2D eigenvalue weighted by molar-refractivity contribution is 5.94. The summed E-state index contributed by atoms with van der Waals surface area (Å²) in [6.45, 7) is 4.54. The summed E-state index contributed by atoms with van der Waals surface area (Å²) in [6, 6.07) is 4.01. The Labute approximate surface area is 290 Å². The number of fused-ring (bicyclic) bond motifs is 2. The van der Waals surface area contributed by atoms with Gasteiger partial charge in [0.1, 0.15) is 5.82 Å². The van der Waals surface area contributed by atoms with Crippen LogP contribution in [0.25, 0.3) is 5.65 Å². The lowest BCUT2D eigenvalue weighted by atomic mass is 9.71. The van der Waals surface area contributed by atoms with Gasteiger partial charge < -0.3 is 25.6 Å². The molecule has 11 nitrogen and oxygen atoms in total. The van der Waals surface area contributed by atoms with Crippen molar-refractivity contribution in [2.24, 2.45) is 5.41 Å². The Hall–Kier alpha value is -3.46. The number of halogens is 3. The Morgan fingerprint density at radius 1 is 1.06 bits per heavy atom. The molecule has 0 bridgehead atoms. The number of nitrogens with zero attached hydrogens (tertiary/aromatic N) is 6. The van der Waals surface area contributed by atoms with E-state index in [1.54, 1.807) is 19.1 Å². The number of imidazole rings is 1. The third-order valence-electron chi connectivity index (χ3n) is 12.2. The minimum Gasteiger partial charge on any atom is -0.385 e. The molecule has 1 amide bonds. The lowest BCUT2D eigenvalue weighted by Gasteiger charge is -2.50. The number of hydrogen-bond donors (Lipinski definition) is 3. The number of methoxy groups -OCH3 is 1. The van der Waals surface area contributed by atoms with E-state index in [0.717, 1.165) is 75.8 Å². The average molecular weight is 696 g/mol. The largest absolute Gasteiger partial charge is 0.385 e. The van der Waals surface area contributed by atoms with Gasteiger partial charge in [-0.25, -0.2) is 22.7 Å². The summed E-state index contributed by atoms with van der Waals surface area (Å²) in [4.78, 5) is 23.5. The molecule has 4 aliphatic heterocycles. The van der Waals surface area contributed by atoms with Gasteiger partial charge in [-0.15, -0.1) is 5.10 Å². The van der Waals surface area contributed by atoms with Gasteiger partial charge in [0.05, 0.1) is 36.6 Å². The zero-order chi connectivity index (χ0) is 34.6. The Morgan fingerprint density at radius 3 is 2.56 bits per heavy atom. The van der Waals surface area contributed by atoms with E-state index in [4.69, 9.17) is 9.84 Å². The molecular weight excluding hydrogens is 647 g/mol. The Kier molecular flexibility index (Phi) is 8.93. The monoisotopic (exact) mass is 695 g/mol. The van der Waals surface area contributed by atoms with Crippen molar-refractivity contribution in [3.63, 3.8) is 0 Å². The first-order chi connectivity index (χ1) is 24.2. The number of amides is 1. The lowest BCUT2D eigenvalue weighted by Crippen LogP contribution is -2.60. The minimum atomic E-state index is -2.85. The molecule has 1 unspecified atom stereocenters. The van der Waals surface area contributed by atoms with Gasteiger partial charge in [0, 0.05) is 45.5 Å². The van der Waals surface area contributed by atoms with Gasteiger partial charge in [-0.3, -0.25) is 14.6 Å². The summed E-state index contributed by atoms with van der Waals surface area (Å²) in [7, 11) is 3.42. The topological polar surface area (TPSA) is 102 Å². The molecule has 4 fully saturated rings. The summed E-state index contributed by atoms with van der Waals surface area (Å²) >= 11 is 0. The van der Waals surface area contributed by atoms with Gasteiger partial charge in [0.25, 0.3) is 11.8 Å². The zero-order valence-electron chi connectivity index (χ0n) is 29.0. The average Bonchev–Trinajstić information content (AvgIpc) is 3.72. The number of aromatic nitrogens is 3. The molecule has 270 valence electrons. The molecule has 3 aromatic rings. The summed E-state index contributed by atoms with van der Waals surface area (Å²) in [5.41, 5.74) is 4.11. The van der Waals surface area contributed by atoms with Gasteiger partial charge in [0.15, 0.2) is 17.2 Å². The molecule has 1 aliphatic carbocycles. The van der Waals surface area contributed by atoms with Crippen LogP contribution < -0.4 is 20.9 Å². The summed E-state index contributed by atoms with van der Waals surface area (Å²) in [6.07, 6.45) is 8.53. The van der Waals surface area contributed by atoms with Crippen LogP contribution in [0.4, 0.5) is 30.4 Å². The number of ether oxygens (including phenoxy) is 1. The standard InChI is InChI=1S/C36H48F3N9O2/c1-40-27-19-32(44-48-29(20-42-33(27)48)34(49)43-26-3-4-30(26)50-2)47-14-5-25-23(17-24(37)18-28(25)47)21-45-13-6-31(36(38,39)22-45)46-15-9-35(10-16-46)7-11-41-12-8-35/h17-20,26,30-31,40-41H,3-16,21-22H2,1-2H3,(H,43,49)/t26-,30-,31?/m1/s1. The van der Waals surface area contributed by atoms with E-state index in [0.29, 0.717) is 59.9 Å². The molecule has 3 N–H and O–H groups in total. The predicted octanol–water partition coefficient (Wildman–Crippen LogP) is 4.19. The highest BCUT2D eigenvalue weighted by Crippen LogP contribution is 2.43. The van der Waals surface area contributed by atoms with Crippen molar-refractivity contribution >= 4 is 28.7 Å². The molecule has 1 spiro atoms. The molecule has 8 rings (SSSR count). The first-order valence-electron chi connectivity index (χ1n) is 18.2. The molecule has 3 atom stereocenters. The van der Waals surface area contributed by atoms with Gasteiger partial charge >= 0.3 is 0 Å². The number of nitrogens with one attached hydrogen (secondary N) is 3. The van der Waals surface area contributed by atoms with Crippen LogP contribution in [-0.4, -0.2) is 114 Å². The summed E-state index contributed by atoms with van der Waals surface area (Å²) in [5.74, 6) is -3.03. The fraction of sp³-hybridized carbons (Fsp3) is 0.639. The van der Waals surface area contributed by atoms with Gasteiger partial charge in [-0.2, -0.15) is 0 Å². The first-order valence-corrected chi connectivity index (χ1v) is 18.2. The van der Waals surface area contributed by atoms with Crippen molar-refractivity contribution in [3.8, 4) is 0 Å². The second kappa shape index (κ2) is 13.3. The Bertz CT molecular complexity index is 1730. The second-order valence-corrected chi connectivity index (χ2v) is 15.0. The number of carbonyl (C=O) groups excluding carboxylic acids is 1. The van der Waals surface area contributed by atoms with Crippen molar-refractivity contribution in [1.29, 1.82) is 0 Å². The van der Waals surface area contributed by atoms with Crippen LogP contribution in [0.2, 0.25) is 0 Å². The van der Waals surface area contributed by atoms with Crippen LogP contribution in [0.5, 0.6) is 0 Å². The third-order valence-corrected chi connectivity index (χ3v) is 12.2. The molecule has 14 heteroatoms. The quantitative estimate of drug-likeness (QED) is 0.321. The van der Waals surface area contributed by atoms with E-state index in [2.05, 4.69) is 20.9 Å². The van der Waals surface area contributed by atoms with Gasteiger partial charge in [0.2, 0.25) is 0 Å². The number of anilines is 3. The number of benzene rings is 1. The highest BCUT2D eigenvalue weighted by Gasteiger charge is 2.49. The normalized spacial score (nSPS) is 26.6. The number of alkyl halides is 2. The van der Waals surface area contributed by atoms with E-state index < -0.39 is 17.8 Å². The number of likely N-dealkylation sites (tertiary alicyclic amines) is 2. The molecule has 6 heterocycles. The highest BCUT2D eigenvalue weighted by atomic mass is 19.3. The Balaban J connectivity index is 0.989. The van der Waals surface area contributed by atoms with Gasteiger partial charge in [-0.05, 0) is 106 Å². The zero-order valence-corrected chi connectivity index (χ0v) is 29.0. The van der Waals surface area contributed by atoms with E-state index in [1.807, 2.05) is 15.9 Å². The van der Waals surface area contributed by atoms with Gasteiger partial charge in [-0.1, -0.05) is 0 Å². The Morgan fingerprint density at radius 2 is 1.86 bits per heavy atom. The first kappa shape index (κ1) is 33.7. The molecule has 50 heavy (non-hydrogen) atoms. The van der Waals surface area contributed by atoms with Crippen molar-refractivity contribution < 1.29 is 22.7 Å². The lowest BCUT2D eigenvalue weighted by molar-refractivity contribution is -0.138. The minimum absolute atomic E-state index is 0.0148. The predicted molar refractivity (Wildman–Crippen MR) is 185 cm³/mol. The molecular formula is C36H48F3N9O2. The number of carbonyl (C=O) groups is 1. The van der Waals surface area contributed by atoms with E-state index in [9.17, 15) is 4.79 Å². The SMILES string of the molecule is CNc1cc(N2CCc3c(CN4CCC(N5CCC6(CCNCC6)CC5)C(F)(F)C4)cc(F)cc32)nn2c(C(=O)N[C@@H]3CC[C@H]3OC)cnc12. The fourth-order valence-corrected chi connectivity index (χ4v) is 9.11. The van der Waals surface area contributed by atoms with Crippen LogP contribution in [0.1, 0.15) is 66.6 Å². The summed E-state index contributed by atoms with van der Waals surface area (Å²) in [5, 5.41) is 14.4. The number of hydrogen-bond acceptors (Lipinski definition) is 9. The molecule has 2 aromatic heterocycles.